The minimum atomic E-state index is -1.26. The van der Waals surface area contributed by atoms with Crippen LogP contribution in [0.2, 0.25) is 0 Å². The van der Waals surface area contributed by atoms with E-state index in [0.717, 1.165) is 0 Å². The van der Waals surface area contributed by atoms with Gasteiger partial charge in [-0.25, -0.2) is 4.79 Å². The topological polar surface area (TPSA) is 100 Å². The number of nitrogens with zero attached hydrogens (tertiary/aromatic N) is 3. The molecule has 0 aromatic carbocycles. The van der Waals surface area contributed by atoms with Gasteiger partial charge in [0.05, 0.1) is 5.56 Å². The number of nitriles is 1. The number of thiophene rings is 1. The Morgan fingerprint density at radius 1 is 1.67 bits per heavy atom. The summed E-state index contributed by atoms with van der Waals surface area (Å²) in [4.78, 5) is 14.6. The molecule has 15 heavy (non-hydrogen) atoms. The van der Waals surface area contributed by atoms with Gasteiger partial charge in [0, 0.05) is 0 Å². The Kier molecular flexibility index (Phi) is 2.19. The zero-order valence-corrected chi connectivity index (χ0v) is 7.98. The number of carbonyl (C=O) groups is 1. The van der Waals surface area contributed by atoms with Crippen LogP contribution < -0.4 is 0 Å². The van der Waals surface area contributed by atoms with Crippen LogP contribution >= 0.6 is 11.3 Å². The highest BCUT2D eigenvalue weighted by molar-refractivity contribution is 7.13. The summed E-state index contributed by atoms with van der Waals surface area (Å²) in [7, 11) is 0. The van der Waals surface area contributed by atoms with Gasteiger partial charge in [-0.3, -0.25) is 0 Å². The second kappa shape index (κ2) is 3.51. The monoisotopic (exact) mass is 221 g/mol. The molecule has 0 aliphatic heterocycles. The van der Waals surface area contributed by atoms with E-state index in [4.69, 9.17) is 14.9 Å². The van der Waals surface area contributed by atoms with Gasteiger partial charge in [0.25, 0.3) is 11.7 Å². The van der Waals surface area contributed by atoms with Crippen molar-refractivity contribution < 1.29 is 14.4 Å². The van der Waals surface area contributed by atoms with E-state index in [-0.39, 0.29) is 5.89 Å². The maximum absolute atomic E-state index is 10.5. The van der Waals surface area contributed by atoms with Crippen LogP contribution in [-0.4, -0.2) is 21.2 Å². The fourth-order valence-corrected chi connectivity index (χ4v) is 1.73. The molecule has 2 heterocycles. The summed E-state index contributed by atoms with van der Waals surface area (Å²) in [6, 6.07) is 3.55. The molecular weight excluding hydrogens is 218 g/mol. The number of aromatic carboxylic acids is 1. The lowest BCUT2D eigenvalue weighted by atomic mass is 10.3. The molecule has 0 spiro atoms. The fourth-order valence-electron chi connectivity index (χ4n) is 0.966. The van der Waals surface area contributed by atoms with E-state index in [2.05, 4.69) is 10.1 Å². The number of hydrogen-bond donors (Lipinski definition) is 1. The first kappa shape index (κ1) is 9.36. The highest BCUT2D eigenvalue weighted by atomic mass is 32.1. The average Bonchev–Trinajstić information content (AvgIpc) is 2.85. The number of aromatic nitrogens is 2. The fraction of sp³-hybridized carbons (Fsp3) is 0. The van der Waals surface area contributed by atoms with Crippen LogP contribution in [0.15, 0.2) is 16.0 Å². The Morgan fingerprint density at radius 2 is 2.47 bits per heavy atom. The predicted octanol–water partition coefficient (Wildman–Crippen LogP) is 1.37. The van der Waals surface area contributed by atoms with E-state index in [0.29, 0.717) is 10.4 Å². The van der Waals surface area contributed by atoms with Crippen molar-refractivity contribution in [2.45, 2.75) is 0 Å². The molecule has 0 unspecified atom stereocenters. The molecule has 74 valence electrons. The number of carboxylic acid groups (broad SMARTS) is 1. The van der Waals surface area contributed by atoms with Crippen LogP contribution in [0.3, 0.4) is 0 Å². The second-order valence-electron chi connectivity index (χ2n) is 2.50. The minimum absolute atomic E-state index is 0.0546. The van der Waals surface area contributed by atoms with Crippen LogP contribution in [0.25, 0.3) is 10.8 Å². The molecule has 7 heteroatoms. The van der Waals surface area contributed by atoms with Gasteiger partial charge in [0.15, 0.2) is 0 Å². The zero-order chi connectivity index (χ0) is 10.8. The van der Waals surface area contributed by atoms with Crippen molar-refractivity contribution in [2.24, 2.45) is 0 Å². The lowest BCUT2D eigenvalue weighted by Gasteiger charge is -1.86. The van der Waals surface area contributed by atoms with Crippen LogP contribution in [-0.2, 0) is 0 Å². The van der Waals surface area contributed by atoms with Crippen LogP contribution in [0.1, 0.15) is 16.2 Å². The molecule has 0 saturated carbocycles. The van der Waals surface area contributed by atoms with Gasteiger partial charge < -0.3 is 9.63 Å². The molecule has 0 bridgehead atoms. The van der Waals surface area contributed by atoms with Gasteiger partial charge in [-0.05, 0) is 16.6 Å². The van der Waals surface area contributed by atoms with E-state index in [9.17, 15) is 4.79 Å². The van der Waals surface area contributed by atoms with Crippen molar-refractivity contribution in [3.05, 3.63) is 22.8 Å². The second-order valence-corrected chi connectivity index (χ2v) is 3.42. The molecule has 0 saturated heterocycles. The highest BCUT2D eigenvalue weighted by Gasteiger charge is 2.17. The van der Waals surface area contributed by atoms with Gasteiger partial charge in [0.2, 0.25) is 0 Å². The Balaban J connectivity index is 2.47. The maximum atomic E-state index is 10.5. The molecule has 0 radical (unpaired) electrons. The van der Waals surface area contributed by atoms with Gasteiger partial charge in [-0.2, -0.15) is 10.2 Å². The first-order valence-electron chi connectivity index (χ1n) is 3.77. The van der Waals surface area contributed by atoms with E-state index < -0.39 is 11.8 Å². The van der Waals surface area contributed by atoms with E-state index in [1.165, 1.54) is 11.3 Å². The number of carboxylic acids is 1. The number of rotatable bonds is 2. The van der Waals surface area contributed by atoms with Gasteiger partial charge in [-0.15, -0.1) is 11.3 Å². The number of hydrogen-bond acceptors (Lipinski definition) is 6. The molecule has 1 N–H and O–H groups in total. The summed E-state index contributed by atoms with van der Waals surface area (Å²) in [5, 5.41) is 22.3. The third-order valence-corrected chi connectivity index (χ3v) is 2.50. The van der Waals surface area contributed by atoms with Crippen molar-refractivity contribution in [3.8, 4) is 16.8 Å². The summed E-state index contributed by atoms with van der Waals surface area (Å²) in [6.45, 7) is 0. The SMILES string of the molecule is N#Cc1ccsc1-c1nc(C(=O)O)no1. The summed E-state index contributed by atoms with van der Waals surface area (Å²) < 4.78 is 4.73. The normalized spacial score (nSPS) is 9.80. The molecule has 2 aromatic rings. The third kappa shape index (κ3) is 1.58. The predicted molar refractivity (Wildman–Crippen MR) is 49.3 cm³/mol. The Morgan fingerprint density at radius 3 is 3.07 bits per heavy atom. The largest absolute Gasteiger partial charge is 0.475 e. The van der Waals surface area contributed by atoms with Gasteiger partial charge in [-0.1, -0.05) is 0 Å². The maximum Gasteiger partial charge on any atom is 0.377 e. The highest BCUT2D eigenvalue weighted by Crippen LogP contribution is 2.27. The van der Waals surface area contributed by atoms with Gasteiger partial charge in [0.1, 0.15) is 10.9 Å². The first-order valence-corrected chi connectivity index (χ1v) is 4.65. The summed E-state index contributed by atoms with van der Waals surface area (Å²) in [5.41, 5.74) is 0.389. The lowest BCUT2D eigenvalue weighted by molar-refractivity contribution is 0.0680. The summed E-state index contributed by atoms with van der Waals surface area (Å²) in [6.07, 6.45) is 0. The van der Waals surface area contributed by atoms with Gasteiger partial charge >= 0.3 is 5.97 Å². The summed E-state index contributed by atoms with van der Waals surface area (Å²) in [5.74, 6) is -1.62. The molecule has 0 fully saturated rings. The smallest absolute Gasteiger partial charge is 0.377 e. The first-order chi connectivity index (χ1) is 7.22. The van der Waals surface area contributed by atoms with Crippen molar-refractivity contribution >= 4 is 17.3 Å². The Bertz CT molecular complexity index is 551. The zero-order valence-electron chi connectivity index (χ0n) is 7.17. The summed E-state index contributed by atoms with van der Waals surface area (Å²) >= 11 is 1.24. The quantitative estimate of drug-likeness (QED) is 0.821. The molecule has 0 atom stereocenters. The molecule has 6 nitrogen and oxygen atoms in total. The minimum Gasteiger partial charge on any atom is -0.475 e. The molecule has 0 aliphatic carbocycles. The molecule has 0 amide bonds. The Hall–Kier alpha value is -2.20. The van der Waals surface area contributed by atoms with Crippen LogP contribution in [0, 0.1) is 11.3 Å². The average molecular weight is 221 g/mol. The molecular formula is C8H3N3O3S. The van der Waals surface area contributed by atoms with E-state index >= 15 is 0 Å². The van der Waals surface area contributed by atoms with Crippen molar-refractivity contribution in [3.63, 3.8) is 0 Å². The van der Waals surface area contributed by atoms with E-state index in [1.807, 2.05) is 6.07 Å². The third-order valence-electron chi connectivity index (χ3n) is 1.60. The standard InChI is InChI=1S/C8H3N3O3S/c9-3-4-1-2-15-5(4)7-10-6(8(12)13)11-14-7/h1-2H,(H,12,13). The van der Waals surface area contributed by atoms with Crippen LogP contribution in [0.4, 0.5) is 0 Å². The van der Waals surface area contributed by atoms with E-state index in [1.54, 1.807) is 11.4 Å². The van der Waals surface area contributed by atoms with Crippen molar-refractivity contribution in [2.75, 3.05) is 0 Å². The lowest BCUT2D eigenvalue weighted by Crippen LogP contribution is -1.98. The van der Waals surface area contributed by atoms with Crippen molar-refractivity contribution in [1.82, 2.24) is 10.1 Å². The van der Waals surface area contributed by atoms with Crippen LogP contribution in [0.5, 0.6) is 0 Å². The molecule has 0 aliphatic rings. The molecule has 2 rings (SSSR count). The molecule has 2 aromatic heterocycles. The Labute approximate surface area is 87.4 Å². The van der Waals surface area contributed by atoms with Crippen molar-refractivity contribution in [1.29, 1.82) is 5.26 Å².